The van der Waals surface area contributed by atoms with Gasteiger partial charge < -0.3 is 10.6 Å². The zero-order valence-electron chi connectivity index (χ0n) is 15.8. The minimum Gasteiger partial charge on any atom is -0.356 e. The van der Waals surface area contributed by atoms with Crippen molar-refractivity contribution in [2.24, 2.45) is 5.92 Å². The Morgan fingerprint density at radius 2 is 1.96 bits per heavy atom. The summed E-state index contributed by atoms with van der Waals surface area (Å²) in [6, 6.07) is 10.3. The standard InChI is InChI=1S/C21H31N3O2/c1-2-13-22-20(26)17-8-6-14-24(15-17)16-19(25)23-21(11-7-12-21)18-9-4-3-5-10-18/h3-5,9-10,17H,2,6-8,11-16H2,1H3,(H,22,26)(H,23,25)/t17-/m0/s1. The van der Waals surface area contributed by atoms with E-state index in [4.69, 9.17) is 0 Å². The zero-order valence-corrected chi connectivity index (χ0v) is 15.8. The van der Waals surface area contributed by atoms with Gasteiger partial charge in [-0.05, 0) is 50.6 Å². The van der Waals surface area contributed by atoms with Crippen LogP contribution in [-0.4, -0.2) is 42.9 Å². The van der Waals surface area contributed by atoms with Crippen LogP contribution in [0.5, 0.6) is 0 Å². The van der Waals surface area contributed by atoms with Crippen LogP contribution in [0.1, 0.15) is 51.0 Å². The van der Waals surface area contributed by atoms with Crippen LogP contribution < -0.4 is 10.6 Å². The molecule has 0 aromatic heterocycles. The predicted octanol–water partition coefficient (Wildman–Crippen LogP) is 2.42. The molecular formula is C21H31N3O2. The number of hydrogen-bond acceptors (Lipinski definition) is 3. The topological polar surface area (TPSA) is 61.4 Å². The first-order valence-electron chi connectivity index (χ1n) is 9.99. The van der Waals surface area contributed by atoms with Crippen molar-refractivity contribution in [3.8, 4) is 0 Å². The van der Waals surface area contributed by atoms with Gasteiger partial charge in [0.15, 0.2) is 0 Å². The van der Waals surface area contributed by atoms with Crippen molar-refractivity contribution in [1.29, 1.82) is 0 Å². The maximum absolute atomic E-state index is 12.7. The summed E-state index contributed by atoms with van der Waals surface area (Å²) >= 11 is 0. The highest BCUT2D eigenvalue weighted by Crippen LogP contribution is 2.41. The molecule has 1 aliphatic heterocycles. The third kappa shape index (κ3) is 4.44. The zero-order chi connectivity index (χ0) is 18.4. The summed E-state index contributed by atoms with van der Waals surface area (Å²) in [7, 11) is 0. The molecule has 5 heteroatoms. The molecule has 2 aliphatic rings. The van der Waals surface area contributed by atoms with Crippen LogP contribution in [0.2, 0.25) is 0 Å². The monoisotopic (exact) mass is 357 g/mol. The molecule has 142 valence electrons. The Bertz CT molecular complexity index is 613. The maximum Gasteiger partial charge on any atom is 0.234 e. The molecule has 1 heterocycles. The van der Waals surface area contributed by atoms with Crippen molar-refractivity contribution in [2.75, 3.05) is 26.2 Å². The van der Waals surface area contributed by atoms with Gasteiger partial charge in [-0.25, -0.2) is 0 Å². The second-order valence-electron chi connectivity index (χ2n) is 7.72. The molecule has 0 bridgehead atoms. The van der Waals surface area contributed by atoms with Gasteiger partial charge in [-0.15, -0.1) is 0 Å². The number of hydrogen-bond donors (Lipinski definition) is 2. The van der Waals surface area contributed by atoms with E-state index in [1.807, 2.05) is 18.2 Å². The molecule has 0 spiro atoms. The highest BCUT2D eigenvalue weighted by molar-refractivity contribution is 5.80. The summed E-state index contributed by atoms with van der Waals surface area (Å²) in [5, 5.41) is 6.28. The Labute approximate surface area is 156 Å². The summed E-state index contributed by atoms with van der Waals surface area (Å²) < 4.78 is 0. The number of rotatable bonds is 7. The fourth-order valence-corrected chi connectivity index (χ4v) is 4.09. The van der Waals surface area contributed by atoms with Crippen LogP contribution in [-0.2, 0) is 15.1 Å². The number of nitrogens with one attached hydrogen (secondary N) is 2. The lowest BCUT2D eigenvalue weighted by atomic mass is 9.72. The first kappa shape index (κ1) is 18.9. The van der Waals surface area contributed by atoms with Gasteiger partial charge in [0.2, 0.25) is 11.8 Å². The molecule has 5 nitrogen and oxygen atoms in total. The van der Waals surface area contributed by atoms with Crippen LogP contribution in [0.4, 0.5) is 0 Å². The summed E-state index contributed by atoms with van der Waals surface area (Å²) in [5.41, 5.74) is 1.02. The predicted molar refractivity (Wildman–Crippen MR) is 103 cm³/mol. The smallest absolute Gasteiger partial charge is 0.234 e. The van der Waals surface area contributed by atoms with Crippen LogP contribution >= 0.6 is 0 Å². The van der Waals surface area contributed by atoms with Gasteiger partial charge in [-0.1, -0.05) is 37.3 Å². The van der Waals surface area contributed by atoms with Crippen LogP contribution in [0.25, 0.3) is 0 Å². The fraction of sp³-hybridized carbons (Fsp3) is 0.619. The summed E-state index contributed by atoms with van der Waals surface area (Å²) in [6.45, 7) is 4.74. The van der Waals surface area contributed by atoms with E-state index in [-0.39, 0.29) is 23.3 Å². The van der Waals surface area contributed by atoms with Crippen molar-refractivity contribution in [3.63, 3.8) is 0 Å². The molecule has 1 aromatic rings. The maximum atomic E-state index is 12.7. The molecule has 0 radical (unpaired) electrons. The third-order valence-electron chi connectivity index (χ3n) is 5.70. The van der Waals surface area contributed by atoms with Crippen molar-refractivity contribution in [1.82, 2.24) is 15.5 Å². The normalized spacial score (nSPS) is 22.3. The minimum absolute atomic E-state index is 0.00915. The first-order chi connectivity index (χ1) is 12.6. The number of carbonyl (C=O) groups excluding carboxylic acids is 2. The van der Waals surface area contributed by atoms with E-state index >= 15 is 0 Å². The average Bonchev–Trinajstić information content (AvgIpc) is 2.63. The third-order valence-corrected chi connectivity index (χ3v) is 5.70. The second-order valence-corrected chi connectivity index (χ2v) is 7.72. The summed E-state index contributed by atoms with van der Waals surface area (Å²) in [5.74, 6) is 0.217. The number of carbonyl (C=O) groups is 2. The fourth-order valence-electron chi connectivity index (χ4n) is 4.09. The Hall–Kier alpha value is -1.88. The Morgan fingerprint density at radius 3 is 2.62 bits per heavy atom. The summed E-state index contributed by atoms with van der Waals surface area (Å²) in [6.07, 6.45) is 6.00. The van der Waals surface area contributed by atoms with Crippen molar-refractivity contribution in [2.45, 2.75) is 51.0 Å². The Morgan fingerprint density at radius 1 is 1.19 bits per heavy atom. The van der Waals surface area contributed by atoms with E-state index in [2.05, 4.69) is 34.6 Å². The minimum atomic E-state index is -0.188. The van der Waals surface area contributed by atoms with Crippen LogP contribution in [0.3, 0.4) is 0 Å². The van der Waals surface area contributed by atoms with Crippen molar-refractivity contribution in [3.05, 3.63) is 35.9 Å². The molecule has 0 unspecified atom stereocenters. The van der Waals surface area contributed by atoms with Gasteiger partial charge in [0.25, 0.3) is 0 Å². The number of benzene rings is 1. The second kappa shape index (κ2) is 8.67. The van der Waals surface area contributed by atoms with E-state index < -0.39 is 0 Å². The lowest BCUT2D eigenvalue weighted by Crippen LogP contribution is -2.54. The number of piperidine rings is 1. The molecule has 1 atom stereocenters. The van der Waals surface area contributed by atoms with E-state index in [0.29, 0.717) is 13.1 Å². The van der Waals surface area contributed by atoms with E-state index in [1.165, 1.54) is 5.56 Å². The Kier molecular flexibility index (Phi) is 6.30. The molecular weight excluding hydrogens is 326 g/mol. The van der Waals surface area contributed by atoms with Crippen molar-refractivity contribution >= 4 is 11.8 Å². The van der Waals surface area contributed by atoms with E-state index in [0.717, 1.165) is 51.6 Å². The van der Waals surface area contributed by atoms with Gasteiger partial charge >= 0.3 is 0 Å². The van der Waals surface area contributed by atoms with Crippen LogP contribution in [0.15, 0.2) is 30.3 Å². The van der Waals surface area contributed by atoms with Crippen LogP contribution in [0, 0.1) is 5.92 Å². The molecule has 2 amide bonds. The molecule has 1 saturated carbocycles. The largest absolute Gasteiger partial charge is 0.356 e. The number of likely N-dealkylation sites (tertiary alicyclic amines) is 1. The van der Waals surface area contributed by atoms with Gasteiger partial charge in [0.05, 0.1) is 18.0 Å². The Balaban J connectivity index is 1.53. The SMILES string of the molecule is CCCNC(=O)[C@H]1CCCN(CC(=O)NC2(c3ccccc3)CCC2)C1. The van der Waals surface area contributed by atoms with Gasteiger partial charge in [-0.3, -0.25) is 14.5 Å². The molecule has 2 fully saturated rings. The molecule has 1 aromatic carbocycles. The molecule has 3 rings (SSSR count). The van der Waals surface area contributed by atoms with Crippen molar-refractivity contribution < 1.29 is 9.59 Å². The lowest BCUT2D eigenvalue weighted by molar-refractivity contribution is -0.130. The first-order valence-corrected chi connectivity index (χ1v) is 9.99. The average molecular weight is 357 g/mol. The van der Waals surface area contributed by atoms with Gasteiger partial charge in [0.1, 0.15) is 0 Å². The highest BCUT2D eigenvalue weighted by Gasteiger charge is 2.40. The molecule has 1 aliphatic carbocycles. The molecule has 26 heavy (non-hydrogen) atoms. The number of amides is 2. The number of nitrogens with zero attached hydrogens (tertiary/aromatic N) is 1. The van der Waals surface area contributed by atoms with Gasteiger partial charge in [0, 0.05) is 13.1 Å². The highest BCUT2D eigenvalue weighted by atomic mass is 16.2. The lowest BCUT2D eigenvalue weighted by Gasteiger charge is -2.43. The molecule has 2 N–H and O–H groups in total. The quantitative estimate of drug-likeness (QED) is 0.788. The molecule has 1 saturated heterocycles. The van der Waals surface area contributed by atoms with E-state index in [1.54, 1.807) is 0 Å². The van der Waals surface area contributed by atoms with Gasteiger partial charge in [-0.2, -0.15) is 0 Å². The summed E-state index contributed by atoms with van der Waals surface area (Å²) in [4.78, 5) is 27.0. The van der Waals surface area contributed by atoms with E-state index in [9.17, 15) is 9.59 Å².